The molecule has 0 radical (unpaired) electrons. The van der Waals surface area contributed by atoms with Gasteiger partial charge in [0.25, 0.3) is 0 Å². The van der Waals surface area contributed by atoms with Crippen molar-refractivity contribution >= 4 is 0 Å². The number of rotatable bonds is 4. The summed E-state index contributed by atoms with van der Waals surface area (Å²) in [6, 6.07) is 7.27. The van der Waals surface area contributed by atoms with E-state index >= 15 is 0 Å². The van der Waals surface area contributed by atoms with Gasteiger partial charge in [-0.3, -0.25) is 0 Å². The van der Waals surface area contributed by atoms with Gasteiger partial charge in [0.1, 0.15) is 11.4 Å². The number of hydrogen-bond acceptors (Lipinski definition) is 3. The van der Waals surface area contributed by atoms with Crippen LogP contribution in [0.3, 0.4) is 0 Å². The Morgan fingerprint density at radius 1 is 1.41 bits per heavy atom. The molecule has 1 saturated heterocycles. The van der Waals surface area contributed by atoms with E-state index in [4.69, 9.17) is 9.47 Å². The fourth-order valence-corrected chi connectivity index (χ4v) is 2.26. The number of aromatic hydroxyl groups is 1. The van der Waals surface area contributed by atoms with Crippen LogP contribution in [0.1, 0.15) is 38.7 Å². The molecule has 1 aliphatic rings. The molecule has 3 heteroatoms. The van der Waals surface area contributed by atoms with Crippen molar-refractivity contribution in [2.24, 2.45) is 0 Å². The van der Waals surface area contributed by atoms with Gasteiger partial charge in [-0.05, 0) is 30.5 Å². The summed E-state index contributed by atoms with van der Waals surface area (Å²) in [6.07, 6.45) is 2.70. The van der Waals surface area contributed by atoms with E-state index < -0.39 is 5.60 Å². The summed E-state index contributed by atoms with van der Waals surface area (Å²) in [5.74, 6) is 0.276. The molecule has 0 aliphatic carbocycles. The molecule has 1 aromatic rings. The average Bonchev–Trinajstić information content (AvgIpc) is 2.74. The second-order valence-corrected chi connectivity index (χ2v) is 4.55. The summed E-state index contributed by atoms with van der Waals surface area (Å²) in [6.45, 7) is 4.77. The van der Waals surface area contributed by atoms with E-state index in [1.54, 1.807) is 12.1 Å². The zero-order valence-electron chi connectivity index (χ0n) is 10.5. The third-order valence-corrected chi connectivity index (χ3v) is 3.33. The Balaban J connectivity index is 2.21. The van der Waals surface area contributed by atoms with E-state index in [1.807, 2.05) is 12.1 Å². The summed E-state index contributed by atoms with van der Waals surface area (Å²) in [4.78, 5) is 0. The molecule has 1 aliphatic heterocycles. The summed E-state index contributed by atoms with van der Waals surface area (Å²) in [5, 5.41) is 9.56. The molecule has 0 saturated carbocycles. The van der Waals surface area contributed by atoms with Gasteiger partial charge in [0, 0.05) is 0 Å². The fourth-order valence-electron chi connectivity index (χ4n) is 2.26. The van der Waals surface area contributed by atoms with Gasteiger partial charge in [-0.15, -0.1) is 0 Å². The van der Waals surface area contributed by atoms with Crippen LogP contribution in [0.25, 0.3) is 0 Å². The van der Waals surface area contributed by atoms with Crippen LogP contribution < -0.4 is 0 Å². The lowest BCUT2D eigenvalue weighted by atomic mass is 9.92. The van der Waals surface area contributed by atoms with Crippen LogP contribution in [0.5, 0.6) is 5.75 Å². The lowest BCUT2D eigenvalue weighted by molar-refractivity contribution is -0.0970. The molecule has 3 nitrogen and oxygen atoms in total. The third-order valence-electron chi connectivity index (χ3n) is 3.33. The van der Waals surface area contributed by atoms with E-state index in [0.29, 0.717) is 6.61 Å². The maximum Gasteiger partial charge on any atom is 0.159 e. The summed E-state index contributed by atoms with van der Waals surface area (Å²) >= 11 is 0. The van der Waals surface area contributed by atoms with Crippen molar-refractivity contribution < 1.29 is 14.6 Å². The van der Waals surface area contributed by atoms with E-state index in [9.17, 15) is 5.11 Å². The minimum absolute atomic E-state index is 0.109. The number of hydrogen-bond donors (Lipinski definition) is 1. The normalized spacial score (nSPS) is 28.5. The summed E-state index contributed by atoms with van der Waals surface area (Å²) < 4.78 is 11.7. The molecule has 0 bridgehead atoms. The van der Waals surface area contributed by atoms with Gasteiger partial charge in [-0.25, -0.2) is 0 Å². The molecule has 1 aromatic carbocycles. The van der Waals surface area contributed by atoms with Gasteiger partial charge in [-0.2, -0.15) is 0 Å². The van der Waals surface area contributed by atoms with Crippen LogP contribution in [-0.4, -0.2) is 18.0 Å². The van der Waals surface area contributed by atoms with Gasteiger partial charge in [0.15, 0.2) is 6.29 Å². The molecule has 94 valence electrons. The zero-order chi connectivity index (χ0) is 12.3. The second-order valence-electron chi connectivity index (χ2n) is 4.55. The van der Waals surface area contributed by atoms with E-state index in [0.717, 1.165) is 24.8 Å². The maximum atomic E-state index is 9.56. The lowest BCUT2D eigenvalue weighted by Crippen LogP contribution is -2.28. The van der Waals surface area contributed by atoms with Crippen LogP contribution in [-0.2, 0) is 15.1 Å². The third kappa shape index (κ3) is 2.45. The number of phenols is 1. The Morgan fingerprint density at radius 2 is 2.24 bits per heavy atom. The first kappa shape index (κ1) is 12.4. The lowest BCUT2D eigenvalue weighted by Gasteiger charge is -2.26. The van der Waals surface area contributed by atoms with Gasteiger partial charge >= 0.3 is 0 Å². The molecule has 1 N–H and O–H groups in total. The number of benzene rings is 1. The Hall–Kier alpha value is -1.06. The van der Waals surface area contributed by atoms with Crippen molar-refractivity contribution in [3.8, 4) is 5.75 Å². The van der Waals surface area contributed by atoms with E-state index in [1.165, 1.54) is 0 Å². The number of ether oxygens (including phenoxy) is 2. The average molecular weight is 236 g/mol. The van der Waals surface area contributed by atoms with Crippen LogP contribution in [0.15, 0.2) is 24.3 Å². The van der Waals surface area contributed by atoms with Gasteiger partial charge in [0.05, 0.1) is 6.61 Å². The smallest absolute Gasteiger partial charge is 0.159 e. The van der Waals surface area contributed by atoms with Crippen molar-refractivity contribution in [2.45, 2.75) is 45.0 Å². The highest BCUT2D eigenvalue weighted by Gasteiger charge is 2.41. The molecule has 1 fully saturated rings. The Labute approximate surface area is 102 Å². The Bertz CT molecular complexity index is 377. The highest BCUT2D eigenvalue weighted by atomic mass is 16.7. The largest absolute Gasteiger partial charge is 0.508 e. The van der Waals surface area contributed by atoms with Crippen LogP contribution in [0.2, 0.25) is 0 Å². The number of phenolic OH excluding ortho intramolecular Hbond substituents is 1. The topological polar surface area (TPSA) is 38.7 Å². The molecule has 2 rings (SSSR count). The van der Waals surface area contributed by atoms with Crippen molar-refractivity contribution in [1.82, 2.24) is 0 Å². The van der Waals surface area contributed by atoms with Crippen molar-refractivity contribution in [3.05, 3.63) is 29.8 Å². The molecular formula is C14H20O3. The first-order valence-electron chi connectivity index (χ1n) is 6.29. The van der Waals surface area contributed by atoms with Crippen molar-refractivity contribution in [2.75, 3.05) is 6.61 Å². The van der Waals surface area contributed by atoms with Gasteiger partial charge < -0.3 is 14.6 Å². The first-order valence-corrected chi connectivity index (χ1v) is 6.29. The summed E-state index contributed by atoms with van der Waals surface area (Å²) in [7, 11) is 0. The SMILES string of the molecule is CCCC1OCC(CC)(c2cccc(O)c2)O1. The predicted molar refractivity (Wildman–Crippen MR) is 65.8 cm³/mol. The van der Waals surface area contributed by atoms with E-state index in [-0.39, 0.29) is 12.0 Å². The Kier molecular flexibility index (Phi) is 3.69. The quantitative estimate of drug-likeness (QED) is 0.872. The van der Waals surface area contributed by atoms with Crippen molar-refractivity contribution in [1.29, 1.82) is 0 Å². The van der Waals surface area contributed by atoms with Crippen molar-refractivity contribution in [3.63, 3.8) is 0 Å². The predicted octanol–water partition coefficient (Wildman–Crippen LogP) is 3.17. The van der Waals surface area contributed by atoms with Gasteiger partial charge in [-0.1, -0.05) is 32.4 Å². The summed E-state index contributed by atoms with van der Waals surface area (Å²) in [5.41, 5.74) is 0.608. The molecule has 2 atom stereocenters. The molecule has 0 aromatic heterocycles. The molecular weight excluding hydrogens is 216 g/mol. The fraction of sp³-hybridized carbons (Fsp3) is 0.571. The molecule has 0 amide bonds. The van der Waals surface area contributed by atoms with Gasteiger partial charge in [0.2, 0.25) is 0 Å². The zero-order valence-corrected chi connectivity index (χ0v) is 10.5. The maximum absolute atomic E-state index is 9.56. The monoisotopic (exact) mass is 236 g/mol. The first-order chi connectivity index (χ1) is 8.20. The second kappa shape index (κ2) is 5.07. The van der Waals surface area contributed by atoms with Crippen LogP contribution in [0, 0.1) is 0 Å². The van der Waals surface area contributed by atoms with Crippen LogP contribution in [0.4, 0.5) is 0 Å². The van der Waals surface area contributed by atoms with Crippen LogP contribution >= 0.6 is 0 Å². The molecule has 2 unspecified atom stereocenters. The molecule has 17 heavy (non-hydrogen) atoms. The van der Waals surface area contributed by atoms with E-state index in [2.05, 4.69) is 13.8 Å². The minimum atomic E-state index is -0.390. The highest BCUT2D eigenvalue weighted by Crippen LogP contribution is 2.38. The minimum Gasteiger partial charge on any atom is -0.508 e. The standard InChI is InChI=1S/C14H20O3/c1-3-6-13-16-10-14(4-2,17-13)11-7-5-8-12(15)9-11/h5,7-9,13,15H,3-4,6,10H2,1-2H3. The molecule has 0 spiro atoms. The molecule has 1 heterocycles. The highest BCUT2D eigenvalue weighted by molar-refractivity contribution is 5.32. The Morgan fingerprint density at radius 3 is 2.88 bits per heavy atom.